The van der Waals surface area contributed by atoms with Crippen LogP contribution in [-0.2, 0) is 22.6 Å². The van der Waals surface area contributed by atoms with Crippen LogP contribution < -0.4 is 5.23 Å². The van der Waals surface area contributed by atoms with Crippen molar-refractivity contribution in [1.29, 1.82) is 0 Å². The molecule has 3 heterocycles. The number of quaternary nitrogens is 1. The van der Waals surface area contributed by atoms with Crippen molar-refractivity contribution in [2.24, 2.45) is 0 Å². The lowest BCUT2D eigenvalue weighted by Gasteiger charge is -2.47. The molecule has 2 amide bonds. The molecule has 8 heteroatoms. The fourth-order valence-electron chi connectivity index (χ4n) is 5.53. The molecule has 0 saturated carbocycles. The number of carbonyl (C=O) groups excluding carboxylic acids is 2. The molecule has 3 aromatic carbocycles. The number of fused-ring (bicyclic) bond motifs is 4. The van der Waals surface area contributed by atoms with E-state index in [2.05, 4.69) is 4.98 Å². The highest BCUT2D eigenvalue weighted by atomic mass is 16.8. The van der Waals surface area contributed by atoms with Gasteiger partial charge in [-0.05, 0) is 29.7 Å². The van der Waals surface area contributed by atoms with Gasteiger partial charge < -0.3 is 20.0 Å². The van der Waals surface area contributed by atoms with E-state index in [-0.39, 0.29) is 24.0 Å². The molecule has 0 spiro atoms. The van der Waals surface area contributed by atoms with Gasteiger partial charge in [-0.2, -0.15) is 5.23 Å². The van der Waals surface area contributed by atoms with Gasteiger partial charge in [0.15, 0.2) is 5.69 Å². The summed E-state index contributed by atoms with van der Waals surface area (Å²) in [5, 5.41) is 20.8. The van der Waals surface area contributed by atoms with Crippen molar-refractivity contribution in [1.82, 2.24) is 14.8 Å². The van der Waals surface area contributed by atoms with Crippen molar-refractivity contribution in [2.45, 2.75) is 32.0 Å². The molecule has 2 aliphatic rings. The second kappa shape index (κ2) is 8.60. The van der Waals surface area contributed by atoms with Crippen molar-refractivity contribution in [3.63, 3.8) is 0 Å². The minimum Gasteiger partial charge on any atom is -0.595 e. The van der Waals surface area contributed by atoms with Gasteiger partial charge in [0.05, 0.1) is 6.04 Å². The molecule has 1 saturated heterocycles. The molecule has 2 aliphatic heterocycles. The third-order valence-corrected chi connectivity index (χ3v) is 7.31. The number of aromatic amines is 1. The summed E-state index contributed by atoms with van der Waals surface area (Å²) in [5.74, 6) is -0.193. The zero-order chi connectivity index (χ0) is 25.0. The normalized spacial score (nSPS) is 20.4. The molecular formula is C28H26N4O4. The highest BCUT2D eigenvalue weighted by molar-refractivity contribution is 5.97. The van der Waals surface area contributed by atoms with Gasteiger partial charge in [-0.15, -0.1) is 0 Å². The van der Waals surface area contributed by atoms with Gasteiger partial charge >= 0.3 is 0 Å². The van der Waals surface area contributed by atoms with Gasteiger partial charge in [-0.1, -0.05) is 60.2 Å². The van der Waals surface area contributed by atoms with Crippen LogP contribution in [0.5, 0.6) is 0 Å². The van der Waals surface area contributed by atoms with Gasteiger partial charge in [-0.3, -0.25) is 9.59 Å². The molecule has 8 nitrogen and oxygen atoms in total. The first-order valence-electron chi connectivity index (χ1n) is 12.0. The van der Waals surface area contributed by atoms with E-state index in [9.17, 15) is 20.0 Å². The molecular weight excluding hydrogens is 456 g/mol. The standard InChI is InChI=1S/C28H26N4O4/c1-17-6-8-18(9-7-17)15-30-16-25(33)31-24(28(30)34)14-22-21-4-2-3-5-23(21)29-26(22)27(31)19-10-12-20(13-11-19)32(35)36/h2-13,24,27,29,32,35H,14-16H2,1H3. The number of hydrogen-bond donors (Lipinski definition) is 3. The summed E-state index contributed by atoms with van der Waals surface area (Å²) in [7, 11) is 0. The third kappa shape index (κ3) is 3.67. The Morgan fingerprint density at radius 2 is 1.75 bits per heavy atom. The van der Waals surface area contributed by atoms with Crippen molar-refractivity contribution >= 4 is 28.4 Å². The quantitative estimate of drug-likeness (QED) is 0.389. The Hall–Kier alpha value is -3.98. The predicted octanol–water partition coefficient (Wildman–Crippen LogP) is 2.76. The Bertz CT molecular complexity index is 1460. The Balaban J connectivity index is 1.43. The van der Waals surface area contributed by atoms with Crippen molar-refractivity contribution < 1.29 is 20.0 Å². The van der Waals surface area contributed by atoms with Crippen LogP contribution in [0.15, 0.2) is 72.8 Å². The molecule has 3 unspecified atom stereocenters. The molecule has 0 bridgehead atoms. The summed E-state index contributed by atoms with van der Waals surface area (Å²) in [5.41, 5.74) is 5.92. The minimum atomic E-state index is -1.01. The van der Waals surface area contributed by atoms with E-state index >= 15 is 0 Å². The molecule has 182 valence electrons. The van der Waals surface area contributed by atoms with Crippen LogP contribution in [0.25, 0.3) is 10.9 Å². The Kier molecular flexibility index (Phi) is 5.37. The van der Waals surface area contributed by atoms with E-state index in [0.29, 0.717) is 13.0 Å². The van der Waals surface area contributed by atoms with Crippen molar-refractivity contribution in [2.75, 3.05) is 6.54 Å². The van der Waals surface area contributed by atoms with Crippen LogP contribution in [0.2, 0.25) is 0 Å². The number of piperazine rings is 1. The first-order valence-corrected chi connectivity index (χ1v) is 12.0. The summed E-state index contributed by atoms with van der Waals surface area (Å²) in [4.78, 5) is 34.3. The van der Waals surface area contributed by atoms with E-state index in [1.54, 1.807) is 34.1 Å². The van der Waals surface area contributed by atoms with Crippen LogP contribution in [0.1, 0.15) is 34.0 Å². The monoisotopic (exact) mass is 482 g/mol. The van der Waals surface area contributed by atoms with Crippen molar-refractivity contribution in [3.8, 4) is 0 Å². The number of nitrogens with one attached hydrogen (secondary N) is 2. The molecule has 1 fully saturated rings. The van der Waals surface area contributed by atoms with Gasteiger partial charge in [-0.25, -0.2) is 5.21 Å². The zero-order valence-corrected chi connectivity index (χ0v) is 19.8. The number of carbonyl (C=O) groups is 2. The number of aromatic nitrogens is 1. The van der Waals surface area contributed by atoms with Crippen molar-refractivity contribution in [3.05, 3.63) is 106 Å². The van der Waals surface area contributed by atoms with Gasteiger partial charge in [0.25, 0.3) is 0 Å². The van der Waals surface area contributed by atoms with Gasteiger partial charge in [0.2, 0.25) is 11.8 Å². The van der Waals surface area contributed by atoms with E-state index in [1.165, 1.54) is 0 Å². The van der Waals surface area contributed by atoms with Crippen LogP contribution in [-0.4, -0.2) is 44.4 Å². The number of benzene rings is 3. The predicted molar refractivity (Wildman–Crippen MR) is 133 cm³/mol. The maximum Gasteiger partial charge on any atom is 0.246 e. The number of aryl methyl sites for hydroxylation is 1. The summed E-state index contributed by atoms with van der Waals surface area (Å²) < 4.78 is 0. The summed E-state index contributed by atoms with van der Waals surface area (Å²) in [6, 6.07) is 21.4. The van der Waals surface area contributed by atoms with Crippen LogP contribution in [0.4, 0.5) is 5.69 Å². The molecule has 3 N–H and O–H groups in total. The maximum atomic E-state index is 13.8. The number of H-pyrrole nitrogens is 1. The van der Waals surface area contributed by atoms with Crippen LogP contribution >= 0.6 is 0 Å². The Morgan fingerprint density at radius 1 is 1.03 bits per heavy atom. The highest BCUT2D eigenvalue weighted by Crippen LogP contribution is 2.42. The van der Waals surface area contributed by atoms with E-state index < -0.39 is 17.3 Å². The number of hydrogen-bond acceptors (Lipinski definition) is 4. The van der Waals surface area contributed by atoms with Crippen LogP contribution in [0, 0.1) is 12.1 Å². The molecule has 0 aliphatic carbocycles. The van der Waals surface area contributed by atoms with Gasteiger partial charge in [0.1, 0.15) is 12.6 Å². The van der Waals surface area contributed by atoms with E-state index in [1.807, 2.05) is 55.5 Å². The molecule has 4 aromatic rings. The highest BCUT2D eigenvalue weighted by Gasteiger charge is 2.48. The van der Waals surface area contributed by atoms with Gasteiger partial charge in [0, 0.05) is 41.7 Å². The fourth-order valence-corrected chi connectivity index (χ4v) is 5.53. The lowest BCUT2D eigenvalue weighted by Crippen LogP contribution is -2.99. The summed E-state index contributed by atoms with van der Waals surface area (Å²) in [6.07, 6.45) is 0.429. The number of para-hydroxylation sites is 1. The maximum absolute atomic E-state index is 13.8. The molecule has 6 rings (SSSR count). The second-order valence-electron chi connectivity index (χ2n) is 9.59. The lowest BCUT2D eigenvalue weighted by atomic mass is 9.86. The molecule has 3 atom stereocenters. The second-order valence-corrected chi connectivity index (χ2v) is 9.59. The van der Waals surface area contributed by atoms with Crippen LogP contribution in [0.3, 0.4) is 0 Å². The summed E-state index contributed by atoms with van der Waals surface area (Å²) >= 11 is 0. The largest absolute Gasteiger partial charge is 0.595 e. The average Bonchev–Trinajstić information content (AvgIpc) is 3.25. The number of nitrogens with zero attached hydrogens (tertiary/aromatic N) is 2. The molecule has 36 heavy (non-hydrogen) atoms. The average molecular weight is 483 g/mol. The third-order valence-electron chi connectivity index (χ3n) is 7.31. The lowest BCUT2D eigenvalue weighted by molar-refractivity contribution is -0.991. The molecule has 1 aromatic heterocycles. The minimum absolute atomic E-state index is 0.00246. The number of rotatable bonds is 4. The Labute approximate surface area is 207 Å². The topological polar surface area (TPSA) is 104 Å². The number of amides is 2. The smallest absolute Gasteiger partial charge is 0.246 e. The van der Waals surface area contributed by atoms with E-state index in [0.717, 1.165) is 38.9 Å². The first-order chi connectivity index (χ1) is 17.4. The van der Waals surface area contributed by atoms with E-state index in [4.69, 9.17) is 0 Å². The fraction of sp³-hybridized carbons (Fsp3) is 0.214. The zero-order valence-electron chi connectivity index (χ0n) is 19.8. The SMILES string of the molecule is Cc1ccc(CN2CC(=O)N3C(Cc4c([nH]c5ccccc45)C3c3ccc([NH+]([O-])O)cc3)C2=O)cc1. The first kappa shape index (κ1) is 22.5. The molecule has 0 radical (unpaired) electrons. The summed E-state index contributed by atoms with van der Waals surface area (Å²) in [6.45, 7) is 2.40. The Morgan fingerprint density at radius 3 is 2.47 bits per heavy atom.